The van der Waals surface area contributed by atoms with Gasteiger partial charge < -0.3 is 15.2 Å². The van der Waals surface area contributed by atoms with Gasteiger partial charge in [0.25, 0.3) is 0 Å². The summed E-state index contributed by atoms with van der Waals surface area (Å²) in [4.78, 5) is 16.2. The number of halogens is 1. The molecular weight excluding hydrogens is 311 g/mol. The summed E-state index contributed by atoms with van der Waals surface area (Å²) < 4.78 is 17.8. The number of rotatable bonds is 5. The number of hydrogen-bond donors (Lipinski definition) is 2. The van der Waals surface area contributed by atoms with Gasteiger partial charge >= 0.3 is 0 Å². The molecule has 1 aromatic carbocycles. The summed E-state index contributed by atoms with van der Waals surface area (Å²) in [5.74, 6) is 1.32. The van der Waals surface area contributed by atoms with E-state index in [-0.39, 0.29) is 18.1 Å². The highest BCUT2D eigenvalue weighted by Crippen LogP contribution is 2.16. The van der Waals surface area contributed by atoms with Gasteiger partial charge in [-0.05, 0) is 36.8 Å². The lowest BCUT2D eigenvalue weighted by Gasteiger charge is -2.06. The van der Waals surface area contributed by atoms with Crippen LogP contribution in [-0.4, -0.2) is 16.0 Å². The summed E-state index contributed by atoms with van der Waals surface area (Å²) in [6.45, 7) is 1.80. The van der Waals surface area contributed by atoms with Crippen LogP contribution in [0.15, 0.2) is 53.2 Å². The van der Waals surface area contributed by atoms with Crippen LogP contribution in [0.4, 0.5) is 21.7 Å². The van der Waals surface area contributed by atoms with E-state index in [2.05, 4.69) is 20.8 Å². The molecule has 2 aromatic heterocycles. The Kier molecular flexibility index (Phi) is 4.51. The quantitative estimate of drug-likeness (QED) is 0.751. The molecule has 0 aliphatic carbocycles. The summed E-state index contributed by atoms with van der Waals surface area (Å²) in [5.41, 5.74) is 1.31. The molecule has 0 saturated carbocycles. The van der Waals surface area contributed by atoms with Crippen molar-refractivity contribution < 1.29 is 13.7 Å². The predicted molar refractivity (Wildman–Crippen MR) is 87.5 cm³/mol. The molecule has 24 heavy (non-hydrogen) atoms. The Hall–Kier alpha value is -3.22. The molecule has 0 saturated heterocycles. The van der Waals surface area contributed by atoms with Crippen molar-refractivity contribution in [1.29, 1.82) is 0 Å². The zero-order valence-electron chi connectivity index (χ0n) is 12.9. The fraction of sp³-hybridized carbons (Fsp3) is 0.118. The lowest BCUT2D eigenvalue weighted by atomic mass is 10.1. The molecule has 0 aliphatic rings. The maximum Gasteiger partial charge on any atom is 0.228 e. The predicted octanol–water partition coefficient (Wildman–Crippen LogP) is 3.44. The molecule has 2 N–H and O–H groups in total. The highest BCUT2D eigenvalue weighted by atomic mass is 19.1. The molecule has 0 fully saturated rings. The molecule has 6 nitrogen and oxygen atoms in total. The number of amides is 1. The van der Waals surface area contributed by atoms with Crippen molar-refractivity contribution in [3.8, 4) is 0 Å². The summed E-state index contributed by atoms with van der Waals surface area (Å²) in [6.07, 6.45) is 1.70. The number of aryl methyl sites for hydroxylation is 1. The zero-order valence-corrected chi connectivity index (χ0v) is 12.9. The van der Waals surface area contributed by atoms with E-state index in [0.29, 0.717) is 23.1 Å². The van der Waals surface area contributed by atoms with Crippen LogP contribution in [0.1, 0.15) is 11.3 Å². The molecule has 122 valence electrons. The summed E-state index contributed by atoms with van der Waals surface area (Å²) in [5, 5.41) is 9.54. The second-order valence-corrected chi connectivity index (χ2v) is 5.23. The number of pyridine rings is 1. The Morgan fingerprint density at radius 3 is 2.58 bits per heavy atom. The highest BCUT2D eigenvalue weighted by Gasteiger charge is 2.06. The van der Waals surface area contributed by atoms with Gasteiger partial charge in [-0.2, -0.15) is 0 Å². The van der Waals surface area contributed by atoms with Crippen LogP contribution in [-0.2, 0) is 11.2 Å². The first kappa shape index (κ1) is 15.7. The van der Waals surface area contributed by atoms with E-state index in [1.54, 1.807) is 37.3 Å². The van der Waals surface area contributed by atoms with Crippen molar-refractivity contribution in [2.45, 2.75) is 13.3 Å². The van der Waals surface area contributed by atoms with Crippen LogP contribution in [0, 0.1) is 12.7 Å². The van der Waals surface area contributed by atoms with Crippen molar-refractivity contribution in [3.63, 3.8) is 0 Å². The average Bonchev–Trinajstić information content (AvgIpc) is 2.96. The minimum atomic E-state index is -0.325. The molecule has 0 bridgehead atoms. The maximum absolute atomic E-state index is 12.8. The number of aromatic nitrogens is 2. The molecule has 0 aliphatic heterocycles. The Morgan fingerprint density at radius 1 is 1.17 bits per heavy atom. The van der Waals surface area contributed by atoms with Crippen molar-refractivity contribution in [3.05, 3.63) is 65.8 Å². The number of benzene rings is 1. The third-order valence-corrected chi connectivity index (χ3v) is 3.21. The standard InChI is InChI=1S/C17H15FN4O2/c1-11-8-16(22-24-11)21-15-7-6-14(10-19-15)20-17(23)9-12-2-4-13(18)5-3-12/h2-8,10H,9H2,1H3,(H,20,23)(H,19,21,22). The van der Waals surface area contributed by atoms with E-state index in [1.165, 1.54) is 18.3 Å². The average molecular weight is 326 g/mol. The van der Waals surface area contributed by atoms with Gasteiger partial charge in [0.1, 0.15) is 17.4 Å². The van der Waals surface area contributed by atoms with Gasteiger partial charge in [0, 0.05) is 6.07 Å². The molecule has 2 heterocycles. The molecule has 0 spiro atoms. The Morgan fingerprint density at radius 2 is 1.96 bits per heavy atom. The number of hydrogen-bond acceptors (Lipinski definition) is 5. The molecule has 0 atom stereocenters. The summed E-state index contributed by atoms with van der Waals surface area (Å²) in [6, 6.07) is 11.0. The largest absolute Gasteiger partial charge is 0.360 e. The molecule has 7 heteroatoms. The molecular formula is C17H15FN4O2. The monoisotopic (exact) mass is 326 g/mol. The van der Waals surface area contributed by atoms with Crippen molar-refractivity contribution in [2.75, 3.05) is 10.6 Å². The topological polar surface area (TPSA) is 80.0 Å². The number of carbonyl (C=O) groups excluding carboxylic acids is 1. The third-order valence-electron chi connectivity index (χ3n) is 3.21. The van der Waals surface area contributed by atoms with Crippen LogP contribution in [0.5, 0.6) is 0 Å². The van der Waals surface area contributed by atoms with Crippen molar-refractivity contribution >= 4 is 23.2 Å². The first-order valence-corrected chi connectivity index (χ1v) is 7.29. The number of nitrogens with zero attached hydrogens (tertiary/aromatic N) is 2. The van der Waals surface area contributed by atoms with E-state index in [9.17, 15) is 9.18 Å². The van der Waals surface area contributed by atoms with Crippen LogP contribution < -0.4 is 10.6 Å². The third kappa shape index (κ3) is 4.16. The van der Waals surface area contributed by atoms with E-state index in [4.69, 9.17) is 4.52 Å². The van der Waals surface area contributed by atoms with E-state index in [1.807, 2.05) is 0 Å². The molecule has 1 amide bonds. The Labute approximate surface area is 137 Å². The number of anilines is 3. The normalized spacial score (nSPS) is 10.4. The fourth-order valence-corrected chi connectivity index (χ4v) is 2.09. The number of carbonyl (C=O) groups is 1. The van der Waals surface area contributed by atoms with Crippen LogP contribution in [0.3, 0.4) is 0 Å². The zero-order chi connectivity index (χ0) is 16.9. The number of nitrogens with one attached hydrogen (secondary N) is 2. The van der Waals surface area contributed by atoms with Crippen LogP contribution >= 0.6 is 0 Å². The van der Waals surface area contributed by atoms with E-state index < -0.39 is 0 Å². The van der Waals surface area contributed by atoms with Gasteiger partial charge in [-0.15, -0.1) is 0 Å². The minimum absolute atomic E-state index is 0.165. The second kappa shape index (κ2) is 6.91. The van der Waals surface area contributed by atoms with Gasteiger partial charge in [-0.25, -0.2) is 9.37 Å². The Bertz CT molecular complexity index is 829. The fourth-order valence-electron chi connectivity index (χ4n) is 2.09. The first-order chi connectivity index (χ1) is 11.6. The molecule has 3 aromatic rings. The Balaban J connectivity index is 1.57. The summed E-state index contributed by atoms with van der Waals surface area (Å²) >= 11 is 0. The molecule has 0 unspecified atom stereocenters. The van der Waals surface area contributed by atoms with Crippen molar-refractivity contribution in [1.82, 2.24) is 10.1 Å². The van der Waals surface area contributed by atoms with Gasteiger partial charge in [0.15, 0.2) is 5.82 Å². The highest BCUT2D eigenvalue weighted by molar-refractivity contribution is 5.92. The van der Waals surface area contributed by atoms with Gasteiger partial charge in [0.05, 0.1) is 18.3 Å². The van der Waals surface area contributed by atoms with Gasteiger partial charge in [-0.1, -0.05) is 17.3 Å². The van der Waals surface area contributed by atoms with E-state index >= 15 is 0 Å². The van der Waals surface area contributed by atoms with Crippen LogP contribution in [0.2, 0.25) is 0 Å². The SMILES string of the molecule is Cc1cc(Nc2ccc(NC(=O)Cc3ccc(F)cc3)cn2)no1. The second-order valence-electron chi connectivity index (χ2n) is 5.23. The molecule has 3 rings (SSSR count). The minimum Gasteiger partial charge on any atom is -0.360 e. The van der Waals surface area contributed by atoms with Gasteiger partial charge in [0.2, 0.25) is 5.91 Å². The lowest BCUT2D eigenvalue weighted by Crippen LogP contribution is -2.14. The van der Waals surface area contributed by atoms with E-state index in [0.717, 1.165) is 5.56 Å². The first-order valence-electron chi connectivity index (χ1n) is 7.29. The van der Waals surface area contributed by atoms with Gasteiger partial charge in [-0.3, -0.25) is 4.79 Å². The molecule has 0 radical (unpaired) electrons. The summed E-state index contributed by atoms with van der Waals surface area (Å²) in [7, 11) is 0. The maximum atomic E-state index is 12.8. The van der Waals surface area contributed by atoms with Crippen LogP contribution in [0.25, 0.3) is 0 Å². The smallest absolute Gasteiger partial charge is 0.228 e. The lowest BCUT2D eigenvalue weighted by molar-refractivity contribution is -0.115. The van der Waals surface area contributed by atoms with Crippen molar-refractivity contribution in [2.24, 2.45) is 0 Å².